The van der Waals surface area contributed by atoms with Crippen LogP contribution in [0.5, 0.6) is 11.6 Å². The number of hydrogen-bond acceptors (Lipinski definition) is 6. The second kappa shape index (κ2) is 7.99. The fraction of sp³-hybridized carbons (Fsp3) is 0.375. The first-order valence-electron chi connectivity index (χ1n) is 7.61. The Morgan fingerprint density at radius 3 is 2.61 bits per heavy atom. The van der Waals surface area contributed by atoms with Crippen molar-refractivity contribution in [2.75, 3.05) is 44.3 Å². The quantitative estimate of drug-likeness (QED) is 0.815. The molecule has 0 spiro atoms. The van der Waals surface area contributed by atoms with Crippen molar-refractivity contribution >= 4 is 17.4 Å². The second-order valence-corrected chi connectivity index (χ2v) is 5.46. The summed E-state index contributed by atoms with van der Waals surface area (Å²) in [4.78, 5) is 10.9. The minimum absolute atomic E-state index is 0.378. The average molecular weight is 335 g/mol. The third-order valence-electron chi connectivity index (χ3n) is 3.48. The Kier molecular flexibility index (Phi) is 5.50. The van der Waals surface area contributed by atoms with E-state index in [1.54, 1.807) is 18.5 Å². The molecule has 0 bridgehead atoms. The topological polar surface area (TPSA) is 59.5 Å². The van der Waals surface area contributed by atoms with Crippen molar-refractivity contribution in [3.63, 3.8) is 0 Å². The van der Waals surface area contributed by atoms with Gasteiger partial charge in [-0.3, -0.25) is 0 Å². The maximum atomic E-state index is 6.05. The summed E-state index contributed by atoms with van der Waals surface area (Å²) in [5.41, 5.74) is 0. The molecule has 3 rings (SSSR count). The van der Waals surface area contributed by atoms with Gasteiger partial charge in [0.2, 0.25) is 0 Å². The van der Waals surface area contributed by atoms with Crippen molar-refractivity contribution < 1.29 is 9.47 Å². The Balaban J connectivity index is 1.55. The van der Waals surface area contributed by atoms with Crippen LogP contribution in [-0.2, 0) is 0 Å². The minimum atomic E-state index is 0.378. The van der Waals surface area contributed by atoms with E-state index >= 15 is 0 Å². The summed E-state index contributed by atoms with van der Waals surface area (Å²) in [6.07, 6.45) is 3.32. The lowest BCUT2D eigenvalue weighted by Crippen LogP contribution is -2.44. The molecular weight excluding hydrogens is 316 g/mol. The highest BCUT2D eigenvalue weighted by molar-refractivity contribution is 6.32. The first-order valence-corrected chi connectivity index (χ1v) is 7.99. The minimum Gasteiger partial charge on any atom is -0.488 e. The normalized spacial score (nSPS) is 14.6. The van der Waals surface area contributed by atoms with Gasteiger partial charge >= 0.3 is 0 Å². The molecule has 1 aromatic carbocycles. The Bertz CT molecular complexity index is 635. The number of nitrogens with zero attached hydrogens (tertiary/aromatic N) is 3. The van der Waals surface area contributed by atoms with Gasteiger partial charge in [-0.25, -0.2) is 9.97 Å². The van der Waals surface area contributed by atoms with Crippen molar-refractivity contribution in [3.05, 3.63) is 41.7 Å². The molecule has 0 atom stereocenters. The van der Waals surface area contributed by atoms with Crippen LogP contribution in [-0.4, -0.2) is 49.4 Å². The molecule has 0 saturated carbocycles. The van der Waals surface area contributed by atoms with Gasteiger partial charge in [0.05, 0.1) is 5.02 Å². The summed E-state index contributed by atoms with van der Waals surface area (Å²) in [6, 6.07) is 7.37. The molecule has 1 aliphatic rings. The maximum absolute atomic E-state index is 6.05. The fourth-order valence-corrected chi connectivity index (χ4v) is 2.56. The summed E-state index contributed by atoms with van der Waals surface area (Å²) in [5, 5.41) is 3.91. The van der Waals surface area contributed by atoms with Gasteiger partial charge in [0.1, 0.15) is 19.0 Å². The molecule has 0 unspecified atom stereocenters. The van der Waals surface area contributed by atoms with E-state index in [1.165, 1.54) is 0 Å². The van der Waals surface area contributed by atoms with Crippen LogP contribution in [0.25, 0.3) is 0 Å². The molecule has 1 aromatic heterocycles. The smallest absolute Gasteiger partial charge is 0.257 e. The molecule has 23 heavy (non-hydrogen) atoms. The van der Waals surface area contributed by atoms with Gasteiger partial charge in [-0.05, 0) is 12.1 Å². The first-order chi connectivity index (χ1) is 11.3. The highest BCUT2D eigenvalue weighted by Crippen LogP contribution is 2.24. The number of benzene rings is 1. The monoisotopic (exact) mass is 334 g/mol. The number of anilines is 1. The number of halogens is 1. The molecule has 122 valence electrons. The van der Waals surface area contributed by atoms with Gasteiger partial charge in [0.15, 0.2) is 5.82 Å². The summed E-state index contributed by atoms with van der Waals surface area (Å²) in [5.74, 6) is 1.98. The van der Waals surface area contributed by atoms with Crippen LogP contribution in [0.3, 0.4) is 0 Å². The van der Waals surface area contributed by atoms with Crippen molar-refractivity contribution in [1.82, 2.24) is 15.3 Å². The second-order valence-electron chi connectivity index (χ2n) is 5.05. The largest absolute Gasteiger partial charge is 0.488 e. The fourth-order valence-electron chi connectivity index (χ4n) is 2.37. The molecule has 1 N–H and O–H groups in total. The van der Waals surface area contributed by atoms with Crippen LogP contribution in [0.2, 0.25) is 5.02 Å². The van der Waals surface area contributed by atoms with E-state index in [4.69, 9.17) is 21.1 Å². The van der Waals surface area contributed by atoms with Gasteiger partial charge in [-0.2, -0.15) is 0 Å². The van der Waals surface area contributed by atoms with Crippen molar-refractivity contribution in [3.8, 4) is 11.6 Å². The summed E-state index contributed by atoms with van der Waals surface area (Å²) in [7, 11) is 0. The van der Waals surface area contributed by atoms with Crippen molar-refractivity contribution in [1.29, 1.82) is 0 Å². The van der Waals surface area contributed by atoms with E-state index in [-0.39, 0.29) is 0 Å². The third kappa shape index (κ3) is 4.24. The third-order valence-corrected chi connectivity index (χ3v) is 3.79. The highest BCUT2D eigenvalue weighted by Gasteiger charge is 2.17. The number of hydrogen-bond donors (Lipinski definition) is 1. The number of aromatic nitrogens is 2. The number of para-hydroxylation sites is 1. The first kappa shape index (κ1) is 15.8. The standard InChI is InChI=1S/C16H19ClN4O2/c17-13-3-1-2-4-14(13)22-11-12-23-16-15(19-5-6-20-16)21-9-7-18-8-10-21/h1-6,18H,7-12H2. The van der Waals surface area contributed by atoms with Gasteiger partial charge in [-0.1, -0.05) is 23.7 Å². The SMILES string of the molecule is Clc1ccccc1OCCOc1nccnc1N1CCNCC1. The molecule has 2 heterocycles. The molecule has 1 saturated heterocycles. The Hall–Kier alpha value is -2.05. The summed E-state index contributed by atoms with van der Waals surface area (Å²) < 4.78 is 11.4. The van der Waals surface area contributed by atoms with Crippen LogP contribution in [0, 0.1) is 0 Å². The van der Waals surface area contributed by atoms with Gasteiger partial charge in [0, 0.05) is 38.6 Å². The predicted molar refractivity (Wildman–Crippen MR) is 89.6 cm³/mol. The number of nitrogens with one attached hydrogen (secondary N) is 1. The Labute approximate surface area is 140 Å². The van der Waals surface area contributed by atoms with Crippen LogP contribution >= 0.6 is 11.6 Å². The molecular formula is C16H19ClN4O2. The zero-order valence-electron chi connectivity index (χ0n) is 12.7. The number of ether oxygens (including phenoxy) is 2. The maximum Gasteiger partial charge on any atom is 0.257 e. The molecule has 7 heteroatoms. The van der Waals surface area contributed by atoms with E-state index in [0.717, 1.165) is 32.0 Å². The molecule has 0 radical (unpaired) electrons. The van der Waals surface area contributed by atoms with E-state index in [1.807, 2.05) is 18.2 Å². The number of piperazine rings is 1. The van der Waals surface area contributed by atoms with Crippen LogP contribution < -0.4 is 19.7 Å². The molecule has 6 nitrogen and oxygen atoms in total. The summed E-state index contributed by atoms with van der Waals surface area (Å²) >= 11 is 6.05. The zero-order valence-corrected chi connectivity index (χ0v) is 13.5. The van der Waals surface area contributed by atoms with E-state index in [2.05, 4.69) is 20.2 Å². The van der Waals surface area contributed by atoms with Gasteiger partial charge < -0.3 is 19.7 Å². The molecule has 0 amide bonds. The van der Waals surface area contributed by atoms with Crippen molar-refractivity contribution in [2.45, 2.75) is 0 Å². The van der Waals surface area contributed by atoms with Gasteiger partial charge in [0.25, 0.3) is 5.88 Å². The lowest BCUT2D eigenvalue weighted by molar-refractivity contribution is 0.211. The van der Waals surface area contributed by atoms with Crippen LogP contribution in [0.4, 0.5) is 5.82 Å². The average Bonchev–Trinajstić information content (AvgIpc) is 2.61. The zero-order chi connectivity index (χ0) is 15.9. The lowest BCUT2D eigenvalue weighted by atomic mass is 10.3. The van der Waals surface area contributed by atoms with Crippen LogP contribution in [0.15, 0.2) is 36.7 Å². The molecule has 1 fully saturated rings. The number of rotatable bonds is 6. The van der Waals surface area contributed by atoms with E-state index in [9.17, 15) is 0 Å². The van der Waals surface area contributed by atoms with Crippen molar-refractivity contribution in [2.24, 2.45) is 0 Å². The summed E-state index contributed by atoms with van der Waals surface area (Å²) in [6.45, 7) is 4.43. The Morgan fingerprint density at radius 1 is 1.04 bits per heavy atom. The molecule has 2 aromatic rings. The molecule has 1 aliphatic heterocycles. The van der Waals surface area contributed by atoms with E-state index in [0.29, 0.717) is 29.9 Å². The van der Waals surface area contributed by atoms with Crippen LogP contribution in [0.1, 0.15) is 0 Å². The predicted octanol–water partition coefficient (Wildman–Crippen LogP) is 2.00. The van der Waals surface area contributed by atoms with E-state index < -0.39 is 0 Å². The Morgan fingerprint density at radius 2 is 1.78 bits per heavy atom. The molecule has 0 aliphatic carbocycles. The lowest BCUT2D eigenvalue weighted by Gasteiger charge is -2.28. The highest BCUT2D eigenvalue weighted by atomic mass is 35.5. The van der Waals surface area contributed by atoms with Gasteiger partial charge in [-0.15, -0.1) is 0 Å².